The lowest BCUT2D eigenvalue weighted by atomic mass is 9.97. The molecule has 1 N–H and O–H groups in total. The molecule has 3 heteroatoms. The van der Waals surface area contributed by atoms with Crippen LogP contribution in [0.5, 0.6) is 5.75 Å². The van der Waals surface area contributed by atoms with Gasteiger partial charge in [-0.25, -0.2) is 0 Å². The van der Waals surface area contributed by atoms with Gasteiger partial charge in [0.2, 0.25) is 0 Å². The summed E-state index contributed by atoms with van der Waals surface area (Å²) in [5.41, 5.74) is -0.822. The zero-order chi connectivity index (χ0) is 18.5. The number of carbonyl (C=O) groups is 1. The average molecular weight is 349 g/mol. The summed E-state index contributed by atoms with van der Waals surface area (Å²) in [4.78, 5) is 11.9. The monoisotopic (exact) mass is 348 g/mol. The minimum absolute atomic E-state index is 0.270. The molecule has 0 aliphatic heterocycles. The minimum atomic E-state index is -1.33. The number of benzene rings is 1. The number of hydrogen-bond acceptors (Lipinski definition) is 3. The summed E-state index contributed by atoms with van der Waals surface area (Å²) < 4.78 is 5.72. The third kappa shape index (κ3) is 9.64. The maximum Gasteiger partial charge on any atom is 0.193 e. The maximum absolute atomic E-state index is 11.9. The molecular formula is C22H36O3. The molecule has 25 heavy (non-hydrogen) atoms. The zero-order valence-corrected chi connectivity index (χ0v) is 16.4. The molecule has 142 valence electrons. The fraction of sp³-hybridized carbons (Fsp3) is 0.682. The first-order chi connectivity index (χ1) is 11.9. The molecule has 3 nitrogen and oxygen atoms in total. The Morgan fingerprint density at radius 3 is 1.84 bits per heavy atom. The largest absolute Gasteiger partial charge is 0.494 e. The first-order valence-corrected chi connectivity index (χ1v) is 9.95. The molecule has 0 fully saturated rings. The van der Waals surface area contributed by atoms with Crippen LogP contribution in [0.25, 0.3) is 0 Å². The van der Waals surface area contributed by atoms with Gasteiger partial charge in [0.1, 0.15) is 11.4 Å². The van der Waals surface area contributed by atoms with Crippen molar-refractivity contribution in [3.63, 3.8) is 0 Å². The van der Waals surface area contributed by atoms with Crippen LogP contribution in [0.4, 0.5) is 0 Å². The van der Waals surface area contributed by atoms with Crippen LogP contribution in [0.3, 0.4) is 0 Å². The molecule has 1 aromatic rings. The molecule has 0 saturated carbocycles. The van der Waals surface area contributed by atoms with E-state index in [2.05, 4.69) is 6.92 Å². The van der Waals surface area contributed by atoms with Crippen LogP contribution >= 0.6 is 0 Å². The second-order valence-electron chi connectivity index (χ2n) is 7.44. The van der Waals surface area contributed by atoms with Gasteiger partial charge in [-0.3, -0.25) is 4.79 Å². The Hall–Kier alpha value is -1.35. The number of carbonyl (C=O) groups excluding carboxylic acids is 1. The molecule has 0 aromatic heterocycles. The lowest BCUT2D eigenvalue weighted by Crippen LogP contribution is -2.30. The summed E-state index contributed by atoms with van der Waals surface area (Å²) in [6.45, 7) is 5.98. The van der Waals surface area contributed by atoms with Gasteiger partial charge in [-0.1, -0.05) is 64.7 Å². The average Bonchev–Trinajstić information content (AvgIpc) is 2.59. The maximum atomic E-state index is 11.9. The van der Waals surface area contributed by atoms with Crippen molar-refractivity contribution < 1.29 is 14.6 Å². The van der Waals surface area contributed by atoms with Crippen LogP contribution in [0, 0.1) is 0 Å². The first-order valence-electron chi connectivity index (χ1n) is 9.95. The summed E-state index contributed by atoms with van der Waals surface area (Å²) in [5.74, 6) is 0.511. The Labute approximate surface area is 153 Å². The Morgan fingerprint density at radius 2 is 1.36 bits per heavy atom. The third-order valence-corrected chi connectivity index (χ3v) is 4.44. The molecule has 0 unspecified atom stereocenters. The summed E-state index contributed by atoms with van der Waals surface area (Å²) in [5, 5.41) is 9.74. The molecule has 0 atom stereocenters. The normalized spacial score (nSPS) is 11.5. The van der Waals surface area contributed by atoms with Crippen LogP contribution in [-0.2, 0) is 0 Å². The van der Waals surface area contributed by atoms with Gasteiger partial charge in [-0.05, 0) is 44.5 Å². The molecule has 0 aliphatic rings. The highest BCUT2D eigenvalue weighted by atomic mass is 16.5. The van der Waals surface area contributed by atoms with Crippen LogP contribution in [-0.4, -0.2) is 23.1 Å². The van der Waals surface area contributed by atoms with Crippen molar-refractivity contribution in [2.75, 3.05) is 6.61 Å². The highest BCUT2D eigenvalue weighted by Crippen LogP contribution is 2.17. The van der Waals surface area contributed by atoms with Crippen molar-refractivity contribution in [3.8, 4) is 5.75 Å². The van der Waals surface area contributed by atoms with Crippen molar-refractivity contribution >= 4 is 5.78 Å². The van der Waals surface area contributed by atoms with E-state index < -0.39 is 5.60 Å². The first kappa shape index (κ1) is 21.7. The topological polar surface area (TPSA) is 46.5 Å². The van der Waals surface area contributed by atoms with Gasteiger partial charge >= 0.3 is 0 Å². The highest BCUT2D eigenvalue weighted by Gasteiger charge is 2.24. The lowest BCUT2D eigenvalue weighted by Gasteiger charge is -2.15. The van der Waals surface area contributed by atoms with E-state index in [1.807, 2.05) is 0 Å². The second kappa shape index (κ2) is 12.1. The highest BCUT2D eigenvalue weighted by molar-refractivity contribution is 6.01. The Balaban J connectivity index is 2.08. The van der Waals surface area contributed by atoms with E-state index >= 15 is 0 Å². The number of ketones is 1. The van der Waals surface area contributed by atoms with E-state index in [0.717, 1.165) is 18.8 Å². The SMILES string of the molecule is CCCCCCCCCCCCOc1ccc(C(=O)C(C)(C)O)cc1. The van der Waals surface area contributed by atoms with E-state index in [0.29, 0.717) is 5.56 Å². The van der Waals surface area contributed by atoms with Crippen LogP contribution < -0.4 is 4.74 Å². The van der Waals surface area contributed by atoms with Gasteiger partial charge in [0, 0.05) is 5.56 Å². The predicted octanol–water partition coefficient (Wildman–Crippen LogP) is 5.94. The Morgan fingerprint density at radius 1 is 0.880 bits per heavy atom. The lowest BCUT2D eigenvalue weighted by molar-refractivity contribution is 0.0488. The Bertz CT molecular complexity index is 471. The van der Waals surface area contributed by atoms with Gasteiger partial charge in [0.25, 0.3) is 0 Å². The van der Waals surface area contributed by atoms with Gasteiger partial charge < -0.3 is 9.84 Å². The number of rotatable bonds is 14. The summed E-state index contributed by atoms with van der Waals surface area (Å²) >= 11 is 0. The molecule has 0 aliphatic carbocycles. The smallest absolute Gasteiger partial charge is 0.193 e. The van der Waals surface area contributed by atoms with Crippen LogP contribution in [0.2, 0.25) is 0 Å². The van der Waals surface area contributed by atoms with Gasteiger partial charge in [0.05, 0.1) is 6.61 Å². The molecule has 0 bridgehead atoms. The molecule has 1 aromatic carbocycles. The third-order valence-electron chi connectivity index (χ3n) is 4.44. The standard InChI is InChI=1S/C22H36O3/c1-4-5-6-7-8-9-10-11-12-13-18-25-20-16-14-19(15-17-20)21(23)22(2,3)24/h14-17,24H,4-13,18H2,1-3H3. The Kier molecular flexibility index (Phi) is 10.5. The number of hydrogen-bond donors (Lipinski definition) is 1. The minimum Gasteiger partial charge on any atom is -0.494 e. The molecular weight excluding hydrogens is 312 g/mol. The van der Waals surface area contributed by atoms with Gasteiger partial charge in [-0.15, -0.1) is 0 Å². The fourth-order valence-corrected chi connectivity index (χ4v) is 2.84. The fourth-order valence-electron chi connectivity index (χ4n) is 2.84. The zero-order valence-electron chi connectivity index (χ0n) is 16.4. The predicted molar refractivity (Wildman–Crippen MR) is 104 cm³/mol. The number of Topliss-reactive ketones (excluding diaryl/α,β-unsaturated/α-hetero) is 1. The summed E-state index contributed by atoms with van der Waals surface area (Å²) in [6.07, 6.45) is 13.1. The van der Waals surface area contributed by atoms with E-state index in [4.69, 9.17) is 4.74 Å². The summed E-state index contributed by atoms with van der Waals surface area (Å²) in [6, 6.07) is 7.03. The van der Waals surface area contributed by atoms with Crippen molar-refractivity contribution in [2.24, 2.45) is 0 Å². The van der Waals surface area contributed by atoms with Crippen molar-refractivity contribution in [1.29, 1.82) is 0 Å². The van der Waals surface area contributed by atoms with Crippen molar-refractivity contribution in [2.45, 2.75) is 90.6 Å². The second-order valence-corrected chi connectivity index (χ2v) is 7.44. The molecule has 0 radical (unpaired) electrons. The summed E-state index contributed by atoms with van der Waals surface area (Å²) in [7, 11) is 0. The van der Waals surface area contributed by atoms with Crippen molar-refractivity contribution in [1.82, 2.24) is 0 Å². The van der Waals surface area contributed by atoms with Crippen LogP contribution in [0.15, 0.2) is 24.3 Å². The molecule has 0 amide bonds. The van der Waals surface area contributed by atoms with E-state index in [9.17, 15) is 9.90 Å². The van der Waals surface area contributed by atoms with E-state index in [1.165, 1.54) is 71.6 Å². The molecule has 0 saturated heterocycles. The quantitative estimate of drug-likeness (QED) is 0.334. The number of unbranched alkanes of at least 4 members (excludes halogenated alkanes) is 9. The van der Waals surface area contributed by atoms with Gasteiger partial charge in [0.15, 0.2) is 5.78 Å². The van der Waals surface area contributed by atoms with E-state index in [-0.39, 0.29) is 5.78 Å². The molecule has 1 rings (SSSR count). The molecule has 0 heterocycles. The van der Waals surface area contributed by atoms with Crippen LogP contribution in [0.1, 0.15) is 95.3 Å². The number of aliphatic hydroxyl groups is 1. The number of ether oxygens (including phenoxy) is 1. The van der Waals surface area contributed by atoms with E-state index in [1.54, 1.807) is 24.3 Å². The van der Waals surface area contributed by atoms with Crippen molar-refractivity contribution in [3.05, 3.63) is 29.8 Å². The molecule has 0 spiro atoms. The van der Waals surface area contributed by atoms with Gasteiger partial charge in [-0.2, -0.15) is 0 Å².